The number of hydrogen-bond acceptors (Lipinski definition) is 4. The third-order valence-corrected chi connectivity index (χ3v) is 5.37. The van der Waals surface area contributed by atoms with Crippen molar-refractivity contribution in [1.82, 2.24) is 5.32 Å². The highest BCUT2D eigenvalue weighted by Gasteiger charge is 2.36. The minimum atomic E-state index is -0.158. The Kier molecular flexibility index (Phi) is 4.41. The average molecular weight is 354 g/mol. The Balaban J connectivity index is 1.53. The predicted octanol–water partition coefficient (Wildman–Crippen LogP) is 2.33. The van der Waals surface area contributed by atoms with Crippen molar-refractivity contribution in [3.8, 4) is 11.5 Å². The number of amides is 1. The molecule has 1 aromatic heterocycles. The standard InChI is InChI=1S/C20H22N2O4/c23-19(15-5-9-22(24)10-6-15)21-14-20(7-1-2-8-20)16-3-4-17-18(13-16)26-12-11-25-17/h3-6,9-10,13H,1-2,7-8,11-12,14H2,(H,21,23). The lowest BCUT2D eigenvalue weighted by atomic mass is 9.78. The molecule has 0 atom stereocenters. The van der Waals surface area contributed by atoms with Crippen LogP contribution in [0.15, 0.2) is 42.7 Å². The average Bonchev–Trinajstić information content (AvgIpc) is 3.16. The number of rotatable bonds is 4. The molecule has 1 saturated carbocycles. The van der Waals surface area contributed by atoms with Gasteiger partial charge in [0.2, 0.25) is 0 Å². The second kappa shape index (κ2) is 6.86. The fourth-order valence-corrected chi connectivity index (χ4v) is 3.91. The summed E-state index contributed by atoms with van der Waals surface area (Å²) >= 11 is 0. The van der Waals surface area contributed by atoms with E-state index in [1.807, 2.05) is 6.07 Å². The summed E-state index contributed by atoms with van der Waals surface area (Å²) in [5.74, 6) is 1.41. The molecule has 2 heterocycles. The van der Waals surface area contributed by atoms with E-state index in [1.54, 1.807) is 0 Å². The van der Waals surface area contributed by atoms with E-state index in [1.165, 1.54) is 30.1 Å². The molecule has 0 spiro atoms. The lowest BCUT2D eigenvalue weighted by molar-refractivity contribution is -0.605. The Labute approximate surface area is 152 Å². The number of carbonyl (C=O) groups excluding carboxylic acids is 1. The maximum atomic E-state index is 12.5. The van der Waals surface area contributed by atoms with E-state index in [0.717, 1.165) is 37.2 Å². The van der Waals surface area contributed by atoms with Crippen molar-refractivity contribution in [3.63, 3.8) is 0 Å². The number of ether oxygens (including phenoxy) is 2. The van der Waals surface area contributed by atoms with Gasteiger partial charge in [-0.25, -0.2) is 0 Å². The summed E-state index contributed by atoms with van der Waals surface area (Å²) in [5.41, 5.74) is 1.59. The zero-order valence-corrected chi connectivity index (χ0v) is 14.6. The van der Waals surface area contributed by atoms with Gasteiger partial charge in [-0.15, -0.1) is 0 Å². The molecule has 0 bridgehead atoms. The van der Waals surface area contributed by atoms with Gasteiger partial charge in [-0.2, -0.15) is 4.73 Å². The van der Waals surface area contributed by atoms with Gasteiger partial charge in [-0.3, -0.25) is 4.79 Å². The molecule has 1 fully saturated rings. The second-order valence-corrected chi connectivity index (χ2v) is 6.98. The minimum Gasteiger partial charge on any atom is -0.619 e. The van der Waals surface area contributed by atoms with E-state index in [4.69, 9.17) is 9.47 Å². The number of aromatic nitrogens is 1. The molecule has 1 N–H and O–H groups in total. The summed E-state index contributed by atoms with van der Waals surface area (Å²) < 4.78 is 12.0. The topological polar surface area (TPSA) is 74.5 Å². The molecule has 0 unspecified atom stereocenters. The quantitative estimate of drug-likeness (QED) is 0.675. The van der Waals surface area contributed by atoms with Crippen LogP contribution >= 0.6 is 0 Å². The Hall–Kier alpha value is -2.76. The number of nitrogens with one attached hydrogen (secondary N) is 1. The molecule has 1 aliphatic carbocycles. The third kappa shape index (κ3) is 3.19. The minimum absolute atomic E-state index is 0.0846. The molecule has 2 aliphatic rings. The van der Waals surface area contributed by atoms with Crippen LogP contribution in [0.2, 0.25) is 0 Å². The van der Waals surface area contributed by atoms with Crippen molar-refractivity contribution in [2.75, 3.05) is 19.8 Å². The number of pyridine rings is 1. The van der Waals surface area contributed by atoms with Gasteiger partial charge in [0.25, 0.3) is 5.91 Å². The van der Waals surface area contributed by atoms with Crippen LogP contribution in [0.1, 0.15) is 41.6 Å². The van der Waals surface area contributed by atoms with Crippen molar-refractivity contribution in [2.24, 2.45) is 0 Å². The smallest absolute Gasteiger partial charge is 0.251 e. The fraction of sp³-hybridized carbons (Fsp3) is 0.400. The molecule has 136 valence electrons. The molecule has 6 heteroatoms. The van der Waals surface area contributed by atoms with Gasteiger partial charge in [0.15, 0.2) is 23.9 Å². The van der Waals surface area contributed by atoms with Crippen LogP contribution in [0.4, 0.5) is 0 Å². The summed E-state index contributed by atoms with van der Waals surface area (Å²) in [6.45, 7) is 1.71. The summed E-state index contributed by atoms with van der Waals surface area (Å²) in [6, 6.07) is 9.19. The van der Waals surface area contributed by atoms with Crippen LogP contribution in [0.25, 0.3) is 0 Å². The Bertz CT molecular complexity index is 798. The van der Waals surface area contributed by atoms with Crippen LogP contribution in [0.3, 0.4) is 0 Å². The fourth-order valence-electron chi connectivity index (χ4n) is 3.91. The van der Waals surface area contributed by atoms with Gasteiger partial charge < -0.3 is 20.0 Å². The summed E-state index contributed by atoms with van der Waals surface area (Å²) in [7, 11) is 0. The molecule has 0 saturated heterocycles. The number of carbonyl (C=O) groups is 1. The number of hydrogen-bond donors (Lipinski definition) is 1. The number of benzene rings is 1. The summed E-state index contributed by atoms with van der Waals surface area (Å²) in [4.78, 5) is 12.5. The Morgan fingerprint density at radius 1 is 1.08 bits per heavy atom. The van der Waals surface area contributed by atoms with Crippen LogP contribution in [0, 0.1) is 5.21 Å². The van der Waals surface area contributed by atoms with Gasteiger partial charge in [0.05, 0.1) is 5.56 Å². The van der Waals surface area contributed by atoms with Gasteiger partial charge in [0, 0.05) is 24.1 Å². The second-order valence-electron chi connectivity index (χ2n) is 6.98. The summed E-state index contributed by atoms with van der Waals surface area (Å²) in [5, 5.41) is 14.2. The van der Waals surface area contributed by atoms with E-state index in [9.17, 15) is 10.0 Å². The molecule has 26 heavy (non-hydrogen) atoms. The monoisotopic (exact) mass is 354 g/mol. The molecule has 1 aromatic carbocycles. The molecule has 4 rings (SSSR count). The van der Waals surface area contributed by atoms with E-state index < -0.39 is 0 Å². The zero-order chi connectivity index (χ0) is 18.0. The SMILES string of the molecule is O=C(NCC1(c2ccc3c(c2)OCCO3)CCCC1)c1cc[n+]([O-])cc1. The van der Waals surface area contributed by atoms with E-state index >= 15 is 0 Å². The first-order valence-corrected chi connectivity index (χ1v) is 9.03. The van der Waals surface area contributed by atoms with Crippen molar-refractivity contribution in [3.05, 3.63) is 59.1 Å². The first-order valence-electron chi connectivity index (χ1n) is 9.03. The first-order chi connectivity index (χ1) is 12.7. The van der Waals surface area contributed by atoms with Gasteiger partial charge >= 0.3 is 0 Å². The highest BCUT2D eigenvalue weighted by atomic mass is 16.6. The van der Waals surface area contributed by atoms with Gasteiger partial charge in [-0.05, 0) is 30.5 Å². The molecule has 0 radical (unpaired) electrons. The normalized spacial score (nSPS) is 17.7. The predicted molar refractivity (Wildman–Crippen MR) is 95.3 cm³/mol. The van der Waals surface area contributed by atoms with Crippen molar-refractivity contribution in [1.29, 1.82) is 0 Å². The largest absolute Gasteiger partial charge is 0.619 e. The third-order valence-electron chi connectivity index (χ3n) is 5.37. The van der Waals surface area contributed by atoms with Crippen LogP contribution in [0.5, 0.6) is 11.5 Å². The molecule has 1 amide bonds. The maximum absolute atomic E-state index is 12.5. The van der Waals surface area contributed by atoms with Crippen molar-refractivity contribution in [2.45, 2.75) is 31.1 Å². The van der Waals surface area contributed by atoms with E-state index in [0.29, 0.717) is 30.1 Å². The van der Waals surface area contributed by atoms with Crippen molar-refractivity contribution >= 4 is 5.91 Å². The Morgan fingerprint density at radius 2 is 1.77 bits per heavy atom. The number of fused-ring (bicyclic) bond motifs is 1. The molecule has 2 aromatic rings. The lowest BCUT2D eigenvalue weighted by Crippen LogP contribution is -2.39. The van der Waals surface area contributed by atoms with Gasteiger partial charge in [0.1, 0.15) is 13.2 Å². The lowest BCUT2D eigenvalue weighted by Gasteiger charge is -2.31. The maximum Gasteiger partial charge on any atom is 0.251 e. The zero-order valence-electron chi connectivity index (χ0n) is 14.6. The molecule has 6 nitrogen and oxygen atoms in total. The van der Waals surface area contributed by atoms with E-state index in [-0.39, 0.29) is 11.3 Å². The summed E-state index contributed by atoms with van der Waals surface area (Å²) in [6.07, 6.45) is 7.02. The molecule has 1 aliphatic heterocycles. The van der Waals surface area contributed by atoms with Crippen LogP contribution in [-0.2, 0) is 5.41 Å². The number of nitrogens with zero attached hydrogens (tertiary/aromatic N) is 1. The molecular weight excluding hydrogens is 332 g/mol. The Morgan fingerprint density at radius 3 is 2.50 bits per heavy atom. The van der Waals surface area contributed by atoms with Gasteiger partial charge in [-0.1, -0.05) is 18.9 Å². The first kappa shape index (κ1) is 16.7. The highest BCUT2D eigenvalue weighted by Crippen LogP contribution is 2.43. The van der Waals surface area contributed by atoms with Crippen LogP contribution < -0.4 is 19.5 Å². The molecular formula is C20H22N2O4. The van der Waals surface area contributed by atoms with E-state index in [2.05, 4.69) is 17.4 Å². The van der Waals surface area contributed by atoms with Crippen LogP contribution in [-0.4, -0.2) is 25.7 Å². The van der Waals surface area contributed by atoms with Crippen molar-refractivity contribution < 1.29 is 19.0 Å². The highest BCUT2D eigenvalue weighted by molar-refractivity contribution is 5.93.